The highest BCUT2D eigenvalue weighted by molar-refractivity contribution is 5.86. The SMILES string of the molecule is CNC(=O)CN(C)C(=O)COC(=O)Cc1cc(OC)c(OC)c(OC)c1. The van der Waals surface area contributed by atoms with Crippen molar-refractivity contribution >= 4 is 17.8 Å². The molecule has 0 aromatic heterocycles. The summed E-state index contributed by atoms with van der Waals surface area (Å²) in [6.07, 6.45) is -0.0802. The van der Waals surface area contributed by atoms with Crippen LogP contribution in [0.15, 0.2) is 12.1 Å². The molecule has 0 atom stereocenters. The van der Waals surface area contributed by atoms with Crippen LogP contribution in [0.4, 0.5) is 0 Å². The molecule has 9 nitrogen and oxygen atoms in total. The van der Waals surface area contributed by atoms with E-state index in [0.717, 1.165) is 0 Å². The number of nitrogens with one attached hydrogen (secondary N) is 1. The van der Waals surface area contributed by atoms with Crippen LogP contribution < -0.4 is 19.5 Å². The van der Waals surface area contributed by atoms with Crippen molar-refractivity contribution in [1.29, 1.82) is 0 Å². The second-order valence-electron chi connectivity index (χ2n) is 5.29. The zero-order valence-corrected chi connectivity index (χ0v) is 15.6. The van der Waals surface area contributed by atoms with Crippen LogP contribution in [-0.4, -0.2) is 71.3 Å². The van der Waals surface area contributed by atoms with E-state index in [-0.39, 0.29) is 18.9 Å². The summed E-state index contributed by atoms with van der Waals surface area (Å²) in [5, 5.41) is 2.40. The van der Waals surface area contributed by atoms with Crippen LogP contribution in [0.1, 0.15) is 5.56 Å². The third-order valence-electron chi connectivity index (χ3n) is 3.51. The van der Waals surface area contributed by atoms with Gasteiger partial charge in [-0.3, -0.25) is 14.4 Å². The molecular formula is C17H24N2O7. The summed E-state index contributed by atoms with van der Waals surface area (Å²) in [6.45, 7) is -0.559. The van der Waals surface area contributed by atoms with Gasteiger partial charge < -0.3 is 29.2 Å². The van der Waals surface area contributed by atoms with E-state index in [0.29, 0.717) is 22.8 Å². The average molecular weight is 368 g/mol. The predicted molar refractivity (Wildman–Crippen MR) is 92.5 cm³/mol. The zero-order valence-electron chi connectivity index (χ0n) is 15.6. The Morgan fingerprint density at radius 3 is 2.08 bits per heavy atom. The minimum atomic E-state index is -0.596. The van der Waals surface area contributed by atoms with E-state index in [1.165, 1.54) is 40.3 Å². The number of nitrogens with zero attached hydrogens (tertiary/aromatic N) is 1. The van der Waals surface area contributed by atoms with Gasteiger partial charge in [-0.2, -0.15) is 0 Å². The number of carbonyl (C=O) groups is 3. The molecule has 144 valence electrons. The van der Waals surface area contributed by atoms with Gasteiger partial charge in [0.15, 0.2) is 18.1 Å². The summed E-state index contributed by atoms with van der Waals surface area (Å²) in [4.78, 5) is 36.2. The van der Waals surface area contributed by atoms with Crippen LogP contribution in [-0.2, 0) is 25.5 Å². The van der Waals surface area contributed by atoms with Crippen molar-refractivity contribution in [3.05, 3.63) is 17.7 Å². The highest BCUT2D eigenvalue weighted by Gasteiger charge is 2.17. The number of carbonyl (C=O) groups excluding carboxylic acids is 3. The van der Waals surface area contributed by atoms with Crippen molar-refractivity contribution in [3.63, 3.8) is 0 Å². The topological polar surface area (TPSA) is 103 Å². The molecule has 1 N–H and O–H groups in total. The van der Waals surface area contributed by atoms with Crippen molar-refractivity contribution in [2.45, 2.75) is 6.42 Å². The summed E-state index contributed by atoms with van der Waals surface area (Å²) in [5.74, 6) is -0.150. The number of amides is 2. The van der Waals surface area contributed by atoms with Crippen LogP contribution >= 0.6 is 0 Å². The Morgan fingerprint density at radius 2 is 1.62 bits per heavy atom. The van der Waals surface area contributed by atoms with E-state index < -0.39 is 18.5 Å². The van der Waals surface area contributed by atoms with E-state index in [1.54, 1.807) is 12.1 Å². The lowest BCUT2D eigenvalue weighted by molar-refractivity contribution is -0.151. The van der Waals surface area contributed by atoms with Gasteiger partial charge in [0.2, 0.25) is 11.7 Å². The van der Waals surface area contributed by atoms with Gasteiger partial charge in [0.05, 0.1) is 34.3 Å². The third-order valence-corrected chi connectivity index (χ3v) is 3.51. The van der Waals surface area contributed by atoms with Gasteiger partial charge in [-0.25, -0.2) is 0 Å². The summed E-state index contributed by atoms with van der Waals surface area (Å²) >= 11 is 0. The van der Waals surface area contributed by atoms with E-state index in [9.17, 15) is 14.4 Å². The average Bonchev–Trinajstić information content (AvgIpc) is 2.64. The van der Waals surface area contributed by atoms with Gasteiger partial charge in [0.1, 0.15) is 0 Å². The van der Waals surface area contributed by atoms with Crippen molar-refractivity contribution in [2.24, 2.45) is 0 Å². The molecular weight excluding hydrogens is 344 g/mol. The number of rotatable bonds is 9. The lowest BCUT2D eigenvalue weighted by Crippen LogP contribution is -2.39. The fourth-order valence-electron chi connectivity index (χ4n) is 2.09. The minimum Gasteiger partial charge on any atom is -0.493 e. The Hall–Kier alpha value is -2.97. The molecule has 2 amide bonds. The summed E-state index contributed by atoms with van der Waals surface area (Å²) < 4.78 is 20.6. The number of esters is 1. The Balaban J connectivity index is 2.68. The molecule has 0 aliphatic heterocycles. The van der Waals surface area contributed by atoms with Gasteiger partial charge in [-0.15, -0.1) is 0 Å². The lowest BCUT2D eigenvalue weighted by atomic mass is 10.1. The quantitative estimate of drug-likeness (QED) is 0.612. The van der Waals surface area contributed by atoms with Crippen LogP contribution in [0.3, 0.4) is 0 Å². The number of methoxy groups -OCH3 is 3. The maximum absolute atomic E-state index is 12.0. The Bertz CT molecular complexity index is 636. The second-order valence-corrected chi connectivity index (χ2v) is 5.29. The van der Waals surface area contributed by atoms with Crippen LogP contribution in [0, 0.1) is 0 Å². The highest BCUT2D eigenvalue weighted by atomic mass is 16.5. The second kappa shape index (κ2) is 10.1. The molecule has 0 aliphatic rings. The van der Waals surface area contributed by atoms with Crippen molar-refractivity contribution in [1.82, 2.24) is 10.2 Å². The molecule has 1 aromatic carbocycles. The third kappa shape index (κ3) is 5.83. The van der Waals surface area contributed by atoms with Crippen LogP contribution in [0.5, 0.6) is 17.2 Å². The normalized spacial score (nSPS) is 9.88. The predicted octanol–water partition coefficient (Wildman–Crippen LogP) is 0.00250. The maximum atomic E-state index is 12.0. The minimum absolute atomic E-state index is 0.0802. The Kier molecular flexibility index (Phi) is 8.20. The number of likely N-dealkylation sites (N-methyl/N-ethyl adjacent to an activating group) is 2. The van der Waals surface area contributed by atoms with E-state index in [1.807, 2.05) is 0 Å². The number of hydrogen-bond acceptors (Lipinski definition) is 7. The summed E-state index contributed by atoms with van der Waals surface area (Å²) in [6, 6.07) is 3.25. The van der Waals surface area contributed by atoms with Crippen LogP contribution in [0.2, 0.25) is 0 Å². The first-order valence-electron chi connectivity index (χ1n) is 7.75. The van der Waals surface area contributed by atoms with Gasteiger partial charge in [0.25, 0.3) is 5.91 Å². The first-order valence-corrected chi connectivity index (χ1v) is 7.75. The molecule has 26 heavy (non-hydrogen) atoms. The molecule has 0 fully saturated rings. The van der Waals surface area contributed by atoms with Gasteiger partial charge in [-0.1, -0.05) is 0 Å². The molecule has 0 unspecified atom stereocenters. The smallest absolute Gasteiger partial charge is 0.310 e. The Morgan fingerprint density at radius 1 is 1.04 bits per heavy atom. The largest absolute Gasteiger partial charge is 0.493 e. The fraction of sp³-hybridized carbons (Fsp3) is 0.471. The van der Waals surface area contributed by atoms with Crippen LogP contribution in [0.25, 0.3) is 0 Å². The monoisotopic (exact) mass is 368 g/mol. The fourth-order valence-corrected chi connectivity index (χ4v) is 2.09. The van der Waals surface area contributed by atoms with Crippen molar-refractivity contribution < 1.29 is 33.3 Å². The van der Waals surface area contributed by atoms with Gasteiger partial charge in [-0.05, 0) is 17.7 Å². The molecule has 0 bridgehead atoms. The van der Waals surface area contributed by atoms with E-state index in [2.05, 4.69) is 5.32 Å². The van der Waals surface area contributed by atoms with Gasteiger partial charge in [0, 0.05) is 14.1 Å². The molecule has 0 spiro atoms. The van der Waals surface area contributed by atoms with Crippen molar-refractivity contribution in [3.8, 4) is 17.2 Å². The number of benzene rings is 1. The maximum Gasteiger partial charge on any atom is 0.310 e. The molecule has 9 heteroatoms. The standard InChI is InChI=1S/C17H24N2O7/c1-18-14(20)9-19(2)15(21)10-26-16(22)8-11-6-12(23-3)17(25-5)13(7-11)24-4/h6-7H,8-10H2,1-5H3,(H,18,20). The molecule has 0 heterocycles. The number of hydrogen-bond donors (Lipinski definition) is 1. The van der Waals surface area contributed by atoms with Gasteiger partial charge >= 0.3 is 5.97 Å². The van der Waals surface area contributed by atoms with E-state index >= 15 is 0 Å². The summed E-state index contributed by atoms with van der Waals surface area (Å²) in [7, 11) is 7.35. The summed E-state index contributed by atoms with van der Waals surface area (Å²) in [5.41, 5.74) is 0.579. The van der Waals surface area contributed by atoms with E-state index in [4.69, 9.17) is 18.9 Å². The molecule has 1 rings (SSSR count). The molecule has 1 aromatic rings. The Labute approximate surface area is 152 Å². The van der Waals surface area contributed by atoms with Crippen molar-refractivity contribution in [2.75, 3.05) is 48.6 Å². The first kappa shape index (κ1) is 21.1. The number of ether oxygens (including phenoxy) is 4. The lowest BCUT2D eigenvalue weighted by Gasteiger charge is -2.16. The molecule has 0 aliphatic carbocycles. The highest BCUT2D eigenvalue weighted by Crippen LogP contribution is 2.38. The molecule has 0 saturated heterocycles. The first-order chi connectivity index (χ1) is 12.4. The molecule has 0 radical (unpaired) electrons. The zero-order chi connectivity index (χ0) is 19.7. The molecule has 0 saturated carbocycles.